The molecule has 0 aliphatic heterocycles. The smallest absolute Gasteiger partial charge is 0.0413 e. The minimum Gasteiger partial charge on any atom is -0.260 e. The average Bonchev–Trinajstić information content (AvgIpc) is 2.38. The number of hydrogen-bond donors (Lipinski definition) is 0. The van der Waals surface area contributed by atoms with Gasteiger partial charge in [0.15, 0.2) is 0 Å². The van der Waals surface area contributed by atoms with Gasteiger partial charge in [-0.2, -0.15) is 0 Å². The second kappa shape index (κ2) is 6.83. The first kappa shape index (κ1) is 14.2. The number of benzene rings is 1. The fraction of sp³-hybridized carbons (Fsp3) is 0.214. The number of aromatic nitrogens is 1. The molecule has 0 saturated carbocycles. The second-order valence-corrected chi connectivity index (χ2v) is 6.56. The van der Waals surface area contributed by atoms with Gasteiger partial charge in [-0.1, -0.05) is 44.0 Å². The van der Waals surface area contributed by atoms with Crippen LogP contribution < -0.4 is 0 Å². The number of nitrogens with zero attached hydrogens (tertiary/aromatic N) is 1. The highest BCUT2D eigenvalue weighted by Crippen LogP contribution is 2.25. The predicted molar refractivity (Wildman–Crippen MR) is 86.3 cm³/mol. The van der Waals surface area contributed by atoms with E-state index in [-0.39, 0.29) is 0 Å². The molecule has 0 aliphatic rings. The van der Waals surface area contributed by atoms with E-state index in [4.69, 9.17) is 0 Å². The van der Waals surface area contributed by atoms with Crippen molar-refractivity contribution < 1.29 is 0 Å². The Morgan fingerprint density at radius 3 is 2.50 bits per heavy atom. The summed E-state index contributed by atoms with van der Waals surface area (Å²) in [5.74, 6) is 0.441. The highest BCUT2D eigenvalue weighted by molar-refractivity contribution is 9.10. The summed E-state index contributed by atoms with van der Waals surface area (Å²) < 4.78 is 2.14. The largest absolute Gasteiger partial charge is 0.260 e. The zero-order valence-electron chi connectivity index (χ0n) is 9.61. The van der Waals surface area contributed by atoms with E-state index in [1.165, 1.54) is 5.56 Å². The molecule has 0 N–H and O–H groups in total. The maximum atomic E-state index is 4.43. The van der Waals surface area contributed by atoms with Crippen molar-refractivity contribution in [3.8, 4) is 0 Å². The molecule has 4 heteroatoms. The third-order valence-electron chi connectivity index (χ3n) is 2.75. The number of pyridine rings is 1. The Hall–Kier alpha value is -0.190. The number of hydrogen-bond acceptors (Lipinski definition) is 1. The summed E-state index contributed by atoms with van der Waals surface area (Å²) in [7, 11) is 0. The van der Waals surface area contributed by atoms with Crippen LogP contribution in [0.15, 0.2) is 51.5 Å². The first-order valence-corrected chi connectivity index (χ1v) is 8.31. The van der Waals surface area contributed by atoms with Crippen LogP contribution in [-0.4, -0.2) is 10.3 Å². The maximum absolute atomic E-state index is 4.43. The van der Waals surface area contributed by atoms with Crippen LogP contribution in [0.25, 0.3) is 0 Å². The molecule has 94 valence electrons. The molecule has 0 bridgehead atoms. The molecule has 0 amide bonds. The topological polar surface area (TPSA) is 12.9 Å². The molecular formula is C14H12Br3N. The van der Waals surface area contributed by atoms with Crippen LogP contribution in [-0.2, 0) is 6.42 Å². The quantitative estimate of drug-likeness (QED) is 0.594. The van der Waals surface area contributed by atoms with Crippen molar-refractivity contribution >= 4 is 47.8 Å². The van der Waals surface area contributed by atoms with Gasteiger partial charge in [0.1, 0.15) is 0 Å². The van der Waals surface area contributed by atoms with Gasteiger partial charge in [-0.05, 0) is 58.1 Å². The van der Waals surface area contributed by atoms with Gasteiger partial charge in [-0.3, -0.25) is 4.98 Å². The second-order valence-electron chi connectivity index (χ2n) is 4.08. The van der Waals surface area contributed by atoms with Crippen molar-refractivity contribution in [3.05, 3.63) is 62.8 Å². The lowest BCUT2D eigenvalue weighted by molar-refractivity contribution is 0.755. The minimum absolute atomic E-state index is 0.441. The Labute approximate surface area is 132 Å². The highest BCUT2D eigenvalue weighted by atomic mass is 79.9. The molecule has 0 fully saturated rings. The molecule has 1 aromatic carbocycles. The summed E-state index contributed by atoms with van der Waals surface area (Å²) in [6, 6.07) is 12.6. The van der Waals surface area contributed by atoms with Gasteiger partial charge in [0.25, 0.3) is 0 Å². The zero-order valence-corrected chi connectivity index (χ0v) is 14.4. The van der Waals surface area contributed by atoms with Crippen LogP contribution in [0.2, 0.25) is 0 Å². The van der Waals surface area contributed by atoms with Crippen molar-refractivity contribution in [1.29, 1.82) is 0 Å². The monoisotopic (exact) mass is 431 g/mol. The normalized spacial score (nSPS) is 12.4. The van der Waals surface area contributed by atoms with E-state index in [1.807, 2.05) is 18.3 Å². The van der Waals surface area contributed by atoms with Crippen LogP contribution in [0, 0.1) is 0 Å². The van der Waals surface area contributed by atoms with Crippen LogP contribution in [0.1, 0.15) is 17.2 Å². The first-order chi connectivity index (χ1) is 8.69. The Morgan fingerprint density at radius 1 is 1.06 bits per heavy atom. The average molecular weight is 434 g/mol. The third-order valence-corrected chi connectivity index (χ3v) is 4.49. The van der Waals surface area contributed by atoms with Crippen molar-refractivity contribution in [1.82, 2.24) is 4.98 Å². The molecule has 1 atom stereocenters. The Bertz CT molecular complexity index is 511. The maximum Gasteiger partial charge on any atom is 0.0413 e. The summed E-state index contributed by atoms with van der Waals surface area (Å²) in [5.41, 5.74) is 2.44. The predicted octanol–water partition coefficient (Wildman–Crippen LogP) is 5.33. The lowest BCUT2D eigenvalue weighted by atomic mass is 9.96. The number of rotatable bonds is 4. The van der Waals surface area contributed by atoms with E-state index < -0.39 is 0 Å². The van der Waals surface area contributed by atoms with Gasteiger partial charge in [0, 0.05) is 26.2 Å². The van der Waals surface area contributed by atoms with Crippen LogP contribution in [0.3, 0.4) is 0 Å². The summed E-state index contributed by atoms with van der Waals surface area (Å²) in [5, 5.41) is 0.932. The van der Waals surface area contributed by atoms with Gasteiger partial charge >= 0.3 is 0 Å². The van der Waals surface area contributed by atoms with Crippen LogP contribution in [0.5, 0.6) is 0 Å². The molecular weight excluding hydrogens is 422 g/mol. The fourth-order valence-corrected chi connectivity index (χ4v) is 3.06. The minimum atomic E-state index is 0.441. The molecule has 1 heterocycles. The standard InChI is InChI=1S/C14H12Br3N/c15-8-11(10-2-1-3-12(16)6-10)7-14-5-4-13(17)9-18-14/h1-6,9,11H,7-8H2. The summed E-state index contributed by atoms with van der Waals surface area (Å²) in [6.45, 7) is 0. The van der Waals surface area contributed by atoms with Crippen LogP contribution in [0.4, 0.5) is 0 Å². The van der Waals surface area contributed by atoms with Crippen molar-refractivity contribution in [3.63, 3.8) is 0 Å². The molecule has 0 aliphatic carbocycles. The van der Waals surface area contributed by atoms with E-state index in [1.54, 1.807) is 0 Å². The Balaban J connectivity index is 2.17. The molecule has 0 radical (unpaired) electrons. The molecule has 1 nitrogen and oxygen atoms in total. The third kappa shape index (κ3) is 3.90. The zero-order chi connectivity index (χ0) is 13.0. The lowest BCUT2D eigenvalue weighted by Gasteiger charge is -2.14. The van der Waals surface area contributed by atoms with Crippen molar-refractivity contribution in [2.45, 2.75) is 12.3 Å². The van der Waals surface area contributed by atoms with Crippen molar-refractivity contribution in [2.24, 2.45) is 0 Å². The van der Waals surface area contributed by atoms with E-state index >= 15 is 0 Å². The van der Waals surface area contributed by atoms with Gasteiger partial charge in [-0.15, -0.1) is 0 Å². The molecule has 1 unspecified atom stereocenters. The summed E-state index contributed by atoms with van der Waals surface area (Å²) in [4.78, 5) is 4.43. The van der Waals surface area contributed by atoms with Crippen LogP contribution >= 0.6 is 47.8 Å². The van der Waals surface area contributed by atoms with E-state index in [9.17, 15) is 0 Å². The number of halogens is 3. The SMILES string of the molecule is BrCC(Cc1ccc(Br)cn1)c1cccc(Br)c1. The molecule has 2 rings (SSSR count). The summed E-state index contributed by atoms with van der Waals surface area (Å²) >= 11 is 10.5. The Morgan fingerprint density at radius 2 is 1.89 bits per heavy atom. The number of alkyl halides is 1. The van der Waals surface area contributed by atoms with E-state index in [0.717, 1.165) is 26.4 Å². The van der Waals surface area contributed by atoms with Gasteiger partial charge in [0.2, 0.25) is 0 Å². The molecule has 2 aromatic rings. The fourth-order valence-electron chi connectivity index (χ4n) is 1.80. The van der Waals surface area contributed by atoms with Gasteiger partial charge < -0.3 is 0 Å². The highest BCUT2D eigenvalue weighted by Gasteiger charge is 2.12. The van der Waals surface area contributed by atoms with E-state index in [2.05, 4.69) is 77.0 Å². The van der Waals surface area contributed by atoms with Gasteiger partial charge in [0.05, 0.1) is 0 Å². The molecule has 18 heavy (non-hydrogen) atoms. The molecule has 0 saturated heterocycles. The molecule has 0 spiro atoms. The van der Waals surface area contributed by atoms with E-state index in [0.29, 0.717) is 5.92 Å². The molecule has 1 aromatic heterocycles. The Kier molecular flexibility index (Phi) is 5.39. The van der Waals surface area contributed by atoms with Gasteiger partial charge in [-0.25, -0.2) is 0 Å². The first-order valence-electron chi connectivity index (χ1n) is 5.61. The summed E-state index contributed by atoms with van der Waals surface area (Å²) in [6.07, 6.45) is 2.79. The van der Waals surface area contributed by atoms with Crippen molar-refractivity contribution in [2.75, 3.05) is 5.33 Å². The lowest BCUT2D eigenvalue weighted by Crippen LogP contribution is -2.05.